The van der Waals surface area contributed by atoms with Gasteiger partial charge in [0, 0.05) is 6.42 Å². The Morgan fingerprint density at radius 1 is 0.359 bits per heavy atom. The summed E-state index contributed by atoms with van der Waals surface area (Å²) in [5.41, 5.74) is 0. The SMILES string of the molecule is CC/C=C\C/C=C\C/C=C\C/C=C\C/C=C\C/C=C\C/C=C\C/C=C\C/C=C\C/C=C\CCCCCCCCCCCCC(=O)NC(COC1OC(CO)C(OC2OC(CO)C(OC3OC(CO)C(O)C(O)C3O)C(O)C2O)C(O)C1O)C(O)/C=C/CC/C=C/CCCCCCCCCCCCC. The van der Waals surface area contributed by atoms with Crippen molar-refractivity contribution < 1.29 is 89.4 Å². The number of carbonyl (C=O) groups is 1. The first-order chi connectivity index (χ1) is 50.3. The Hall–Kier alpha value is -4.33. The zero-order valence-electron chi connectivity index (χ0n) is 62.7. The Morgan fingerprint density at radius 2 is 0.680 bits per heavy atom. The van der Waals surface area contributed by atoms with Gasteiger partial charge in [-0.05, 0) is 109 Å². The van der Waals surface area contributed by atoms with Crippen LogP contribution in [0.15, 0.2) is 146 Å². The molecule has 3 aliphatic heterocycles. The molecule has 1 amide bonds. The molecule has 17 unspecified atom stereocenters. The predicted octanol–water partition coefficient (Wildman–Crippen LogP) is 13.1. The highest BCUT2D eigenvalue weighted by Crippen LogP contribution is 2.33. The van der Waals surface area contributed by atoms with E-state index in [0.29, 0.717) is 12.8 Å². The first-order valence-corrected chi connectivity index (χ1v) is 39.6. The topological polar surface area (TPSA) is 307 Å². The fourth-order valence-electron chi connectivity index (χ4n) is 12.3. The Kier molecular flexibility index (Phi) is 56.5. The minimum atomic E-state index is -1.99. The van der Waals surface area contributed by atoms with Crippen molar-refractivity contribution in [3.8, 4) is 0 Å². The average Bonchev–Trinajstić information content (AvgIpc) is 0.782. The molecule has 3 saturated heterocycles. The minimum Gasteiger partial charge on any atom is -0.394 e. The highest BCUT2D eigenvalue weighted by atomic mass is 16.8. The molecule has 3 heterocycles. The predicted molar refractivity (Wildman–Crippen MR) is 410 cm³/mol. The molecular weight excluding hydrogens is 1310 g/mol. The first-order valence-electron chi connectivity index (χ1n) is 39.6. The number of allylic oxidation sites excluding steroid dienone is 23. The average molecular weight is 1450 g/mol. The van der Waals surface area contributed by atoms with Gasteiger partial charge in [-0.1, -0.05) is 275 Å². The molecule has 0 aromatic carbocycles. The molecule has 12 N–H and O–H groups in total. The number of carbonyl (C=O) groups excluding carboxylic acids is 1. The van der Waals surface area contributed by atoms with E-state index in [1.54, 1.807) is 6.08 Å². The van der Waals surface area contributed by atoms with E-state index in [1.807, 2.05) is 6.08 Å². The molecule has 3 rings (SSSR count). The molecule has 0 bridgehead atoms. The summed E-state index contributed by atoms with van der Waals surface area (Å²) < 4.78 is 34.4. The highest BCUT2D eigenvalue weighted by Gasteiger charge is 2.53. The molecule has 0 aromatic heterocycles. The van der Waals surface area contributed by atoms with E-state index in [0.717, 1.165) is 116 Å². The second-order valence-electron chi connectivity index (χ2n) is 27.4. The number of nitrogens with one attached hydrogen (secondary N) is 1. The summed E-state index contributed by atoms with van der Waals surface area (Å²) in [6.07, 6.45) is 64.0. The lowest BCUT2D eigenvalue weighted by atomic mass is 9.96. The smallest absolute Gasteiger partial charge is 0.220 e. The van der Waals surface area contributed by atoms with Crippen LogP contribution in [0.5, 0.6) is 0 Å². The number of aliphatic hydroxyl groups excluding tert-OH is 11. The number of aliphatic hydroxyl groups is 11. The molecule has 19 nitrogen and oxygen atoms in total. The van der Waals surface area contributed by atoms with Crippen LogP contribution in [-0.4, -0.2) is 193 Å². The molecule has 3 aliphatic rings. The van der Waals surface area contributed by atoms with Gasteiger partial charge in [0.2, 0.25) is 5.91 Å². The van der Waals surface area contributed by atoms with Gasteiger partial charge in [0.05, 0.1) is 38.6 Å². The van der Waals surface area contributed by atoms with Crippen LogP contribution >= 0.6 is 0 Å². The van der Waals surface area contributed by atoms with Crippen LogP contribution in [-0.2, 0) is 33.2 Å². The van der Waals surface area contributed by atoms with Crippen molar-refractivity contribution in [2.24, 2.45) is 0 Å². The van der Waals surface area contributed by atoms with Crippen molar-refractivity contribution in [1.29, 1.82) is 0 Å². The van der Waals surface area contributed by atoms with Crippen molar-refractivity contribution in [2.45, 2.75) is 349 Å². The summed E-state index contributed by atoms with van der Waals surface area (Å²) in [4.78, 5) is 13.4. The van der Waals surface area contributed by atoms with Gasteiger partial charge >= 0.3 is 0 Å². The minimum absolute atomic E-state index is 0.221. The summed E-state index contributed by atoms with van der Waals surface area (Å²) >= 11 is 0. The van der Waals surface area contributed by atoms with Crippen LogP contribution in [0.25, 0.3) is 0 Å². The fraction of sp³-hybridized carbons (Fsp3) is 0.702. The molecule has 0 saturated carbocycles. The van der Waals surface area contributed by atoms with Crippen LogP contribution in [0, 0.1) is 0 Å². The van der Waals surface area contributed by atoms with Crippen LogP contribution in [0.1, 0.15) is 245 Å². The number of hydrogen-bond acceptors (Lipinski definition) is 18. The van der Waals surface area contributed by atoms with Gasteiger partial charge in [-0.3, -0.25) is 4.79 Å². The Balaban J connectivity index is 1.34. The van der Waals surface area contributed by atoms with E-state index in [9.17, 15) is 61.0 Å². The standard InChI is InChI=1S/C84H139NO18/c1-3-5-7-9-11-13-15-17-19-21-22-23-24-25-26-27-28-29-30-31-32-33-34-35-36-37-38-39-40-41-42-43-44-46-48-50-52-54-56-58-60-62-72(90)85-67(68(89)61-59-57-55-53-51-49-47-45-20-18-16-14-12-10-8-6-4-2)66-98-82-78(96)75(93)80(70(64-87)100-82)103-84-79(97)76(94)81(71(65-88)101-84)102-83-77(95)74(92)73(91)69(63-86)99-83/h5,7,11,13,17,19,22-23,25-26,28-29,31-32,34-35,37-38,40-41,51,53,59,61,67-71,73-84,86-89,91-97H,3-4,6,8-10,12,14-16,18,20-21,24,27,30,33,36,39,42-50,52,54-58,60,62-66H2,1-2H3,(H,85,90)/b7-5-,13-11-,19-17-,23-22-,26-25-,29-28-,32-31-,35-34-,38-37-,41-40-,53-51+,61-59+. The quantitative estimate of drug-likeness (QED) is 0.0199. The van der Waals surface area contributed by atoms with Crippen molar-refractivity contribution in [3.05, 3.63) is 146 Å². The lowest BCUT2D eigenvalue weighted by Gasteiger charge is -2.48. The molecule has 0 aliphatic carbocycles. The number of amides is 1. The monoisotopic (exact) mass is 1450 g/mol. The molecule has 17 atom stereocenters. The summed E-state index contributed by atoms with van der Waals surface area (Å²) in [6, 6.07) is -1.00. The van der Waals surface area contributed by atoms with E-state index < -0.39 is 124 Å². The Morgan fingerprint density at radius 3 is 1.09 bits per heavy atom. The van der Waals surface area contributed by atoms with E-state index in [-0.39, 0.29) is 18.9 Å². The fourth-order valence-corrected chi connectivity index (χ4v) is 12.3. The number of unbranched alkanes of at least 4 members (excludes halogenated alkanes) is 22. The molecule has 103 heavy (non-hydrogen) atoms. The largest absolute Gasteiger partial charge is 0.394 e. The second kappa shape index (κ2) is 62.7. The normalized spacial score (nSPS) is 26.9. The maximum absolute atomic E-state index is 13.4. The molecule has 0 radical (unpaired) electrons. The maximum atomic E-state index is 13.4. The van der Waals surface area contributed by atoms with Gasteiger partial charge in [-0.15, -0.1) is 0 Å². The third-order valence-electron chi connectivity index (χ3n) is 18.6. The van der Waals surface area contributed by atoms with Crippen LogP contribution in [0.3, 0.4) is 0 Å². The van der Waals surface area contributed by atoms with E-state index in [1.165, 1.54) is 96.3 Å². The van der Waals surface area contributed by atoms with Gasteiger partial charge < -0.3 is 89.9 Å². The van der Waals surface area contributed by atoms with E-state index >= 15 is 0 Å². The highest BCUT2D eigenvalue weighted by molar-refractivity contribution is 5.76. The van der Waals surface area contributed by atoms with Crippen LogP contribution in [0.2, 0.25) is 0 Å². The van der Waals surface area contributed by atoms with Gasteiger partial charge in [0.1, 0.15) is 73.2 Å². The molecule has 19 heteroatoms. The summed E-state index contributed by atoms with van der Waals surface area (Å²) in [5.74, 6) is -0.295. The third-order valence-corrected chi connectivity index (χ3v) is 18.6. The molecule has 3 fully saturated rings. The van der Waals surface area contributed by atoms with Crippen molar-refractivity contribution in [2.75, 3.05) is 26.4 Å². The number of hydrogen-bond donors (Lipinski definition) is 12. The van der Waals surface area contributed by atoms with E-state index in [4.69, 9.17) is 28.4 Å². The molecule has 0 aromatic rings. The lowest BCUT2D eigenvalue weighted by Crippen LogP contribution is -2.66. The number of rotatable bonds is 60. The third kappa shape index (κ3) is 42.7. The van der Waals surface area contributed by atoms with Gasteiger partial charge in [0.15, 0.2) is 18.9 Å². The van der Waals surface area contributed by atoms with Crippen molar-refractivity contribution in [3.63, 3.8) is 0 Å². The summed E-state index contributed by atoms with van der Waals surface area (Å²) in [5, 5.41) is 121. The Labute approximate surface area is 619 Å². The van der Waals surface area contributed by atoms with Crippen molar-refractivity contribution in [1.82, 2.24) is 5.32 Å². The first kappa shape index (κ1) is 92.9. The van der Waals surface area contributed by atoms with Crippen molar-refractivity contribution >= 4 is 5.91 Å². The van der Waals surface area contributed by atoms with Crippen LogP contribution < -0.4 is 5.32 Å². The summed E-state index contributed by atoms with van der Waals surface area (Å²) in [7, 11) is 0. The van der Waals surface area contributed by atoms with E-state index in [2.05, 4.69) is 153 Å². The zero-order valence-corrected chi connectivity index (χ0v) is 62.7. The molecule has 588 valence electrons. The molecular formula is C84H139NO18. The van der Waals surface area contributed by atoms with Gasteiger partial charge in [-0.2, -0.15) is 0 Å². The second-order valence-corrected chi connectivity index (χ2v) is 27.4. The summed E-state index contributed by atoms with van der Waals surface area (Å²) in [6.45, 7) is 1.59. The zero-order chi connectivity index (χ0) is 74.6. The van der Waals surface area contributed by atoms with Crippen LogP contribution in [0.4, 0.5) is 0 Å². The lowest BCUT2D eigenvalue weighted by molar-refractivity contribution is -0.379. The number of ether oxygens (including phenoxy) is 6. The molecule has 0 spiro atoms. The Bertz CT molecular complexity index is 2430. The van der Waals surface area contributed by atoms with Gasteiger partial charge in [0.25, 0.3) is 0 Å². The maximum Gasteiger partial charge on any atom is 0.220 e. The van der Waals surface area contributed by atoms with Gasteiger partial charge in [-0.25, -0.2) is 0 Å².